The molecule has 3 aromatic rings. The number of amides is 1. The Morgan fingerprint density at radius 1 is 1.19 bits per heavy atom. The van der Waals surface area contributed by atoms with Gasteiger partial charge in [0.05, 0.1) is 11.0 Å². The second-order valence-electron chi connectivity index (χ2n) is 6.74. The van der Waals surface area contributed by atoms with Gasteiger partial charge in [-0.15, -0.1) is 0 Å². The third-order valence-corrected chi connectivity index (χ3v) is 5.05. The fourth-order valence-corrected chi connectivity index (χ4v) is 3.65. The molecule has 6 nitrogen and oxygen atoms in total. The molecule has 1 aliphatic rings. The van der Waals surface area contributed by atoms with E-state index in [0.717, 1.165) is 29.4 Å². The molecule has 134 valence electrons. The standard InChI is InChI=1S/C20H21N3O3/c24-12-19-21-17-5-4-15(11-18(17)22-19)20(26)23-8-6-13(7-9-23)14-2-1-3-16(25)10-14/h1-5,10-11,13,24-25H,6-9,12H2,(H,21,22). The fourth-order valence-electron chi connectivity index (χ4n) is 3.65. The number of fused-ring (bicyclic) bond motifs is 1. The van der Waals surface area contributed by atoms with Gasteiger partial charge in [-0.05, 0) is 54.7 Å². The van der Waals surface area contributed by atoms with Crippen molar-refractivity contribution in [3.63, 3.8) is 0 Å². The van der Waals surface area contributed by atoms with Crippen molar-refractivity contribution >= 4 is 16.9 Å². The molecule has 0 spiro atoms. The number of likely N-dealkylation sites (tertiary alicyclic amines) is 1. The van der Waals surface area contributed by atoms with Crippen LogP contribution in [-0.4, -0.2) is 44.1 Å². The summed E-state index contributed by atoms with van der Waals surface area (Å²) < 4.78 is 0. The maximum absolute atomic E-state index is 12.8. The van der Waals surface area contributed by atoms with Gasteiger partial charge in [0.25, 0.3) is 5.91 Å². The summed E-state index contributed by atoms with van der Waals surface area (Å²) in [5.41, 5.74) is 3.26. The molecular formula is C20H21N3O3. The van der Waals surface area contributed by atoms with Gasteiger partial charge in [0.15, 0.2) is 0 Å². The number of carbonyl (C=O) groups excluding carboxylic acids is 1. The van der Waals surface area contributed by atoms with E-state index in [4.69, 9.17) is 0 Å². The second-order valence-corrected chi connectivity index (χ2v) is 6.74. The van der Waals surface area contributed by atoms with Gasteiger partial charge in [0.1, 0.15) is 18.2 Å². The molecule has 4 rings (SSSR count). The minimum atomic E-state index is -0.152. The van der Waals surface area contributed by atoms with E-state index in [9.17, 15) is 15.0 Å². The third kappa shape index (κ3) is 3.15. The summed E-state index contributed by atoms with van der Waals surface area (Å²) in [6.45, 7) is 1.24. The molecule has 1 saturated heterocycles. The highest BCUT2D eigenvalue weighted by Crippen LogP contribution is 2.30. The Hall–Kier alpha value is -2.86. The number of imidazole rings is 1. The Labute approximate surface area is 151 Å². The Bertz CT molecular complexity index is 942. The van der Waals surface area contributed by atoms with Gasteiger partial charge < -0.3 is 20.1 Å². The summed E-state index contributed by atoms with van der Waals surface area (Å²) in [5, 5.41) is 18.8. The number of aromatic hydroxyl groups is 1. The van der Waals surface area contributed by atoms with E-state index in [0.29, 0.717) is 30.4 Å². The van der Waals surface area contributed by atoms with E-state index < -0.39 is 0 Å². The molecule has 0 radical (unpaired) electrons. The number of aliphatic hydroxyl groups excluding tert-OH is 1. The van der Waals surface area contributed by atoms with Crippen LogP contribution in [0, 0.1) is 0 Å². The molecule has 0 aliphatic carbocycles. The second kappa shape index (κ2) is 6.80. The number of nitrogens with zero attached hydrogens (tertiary/aromatic N) is 2. The number of H-pyrrole nitrogens is 1. The Morgan fingerprint density at radius 3 is 2.73 bits per heavy atom. The van der Waals surface area contributed by atoms with Gasteiger partial charge >= 0.3 is 0 Å². The van der Waals surface area contributed by atoms with Gasteiger partial charge in [-0.3, -0.25) is 4.79 Å². The van der Waals surface area contributed by atoms with Crippen LogP contribution in [-0.2, 0) is 6.61 Å². The van der Waals surface area contributed by atoms with E-state index in [2.05, 4.69) is 9.97 Å². The van der Waals surface area contributed by atoms with Crippen LogP contribution in [0.15, 0.2) is 42.5 Å². The number of aromatic amines is 1. The smallest absolute Gasteiger partial charge is 0.253 e. The first-order chi connectivity index (χ1) is 12.6. The Balaban J connectivity index is 1.46. The van der Waals surface area contributed by atoms with Gasteiger partial charge in [0.2, 0.25) is 0 Å². The molecule has 6 heteroatoms. The molecule has 2 heterocycles. The maximum atomic E-state index is 12.8. The summed E-state index contributed by atoms with van der Waals surface area (Å²) >= 11 is 0. The summed E-state index contributed by atoms with van der Waals surface area (Å²) in [7, 11) is 0. The van der Waals surface area contributed by atoms with E-state index in [-0.39, 0.29) is 18.3 Å². The molecule has 0 saturated carbocycles. The Kier molecular flexibility index (Phi) is 4.34. The quantitative estimate of drug-likeness (QED) is 0.677. The van der Waals surface area contributed by atoms with E-state index in [1.54, 1.807) is 24.3 Å². The molecule has 0 bridgehead atoms. The monoisotopic (exact) mass is 351 g/mol. The number of hydrogen-bond donors (Lipinski definition) is 3. The van der Waals surface area contributed by atoms with Crippen LogP contribution in [0.3, 0.4) is 0 Å². The van der Waals surface area contributed by atoms with Crippen molar-refractivity contribution in [1.29, 1.82) is 0 Å². The van der Waals surface area contributed by atoms with Crippen LogP contribution in [0.4, 0.5) is 0 Å². The van der Waals surface area contributed by atoms with Crippen molar-refractivity contribution in [3.05, 3.63) is 59.4 Å². The van der Waals surface area contributed by atoms with Crippen LogP contribution in [0.25, 0.3) is 11.0 Å². The van der Waals surface area contributed by atoms with E-state index >= 15 is 0 Å². The first kappa shape index (κ1) is 16.6. The predicted octanol–water partition coefficient (Wildman–Crippen LogP) is 2.78. The molecule has 1 aliphatic heterocycles. The summed E-state index contributed by atoms with van der Waals surface area (Å²) in [5.74, 6) is 1.17. The van der Waals surface area contributed by atoms with Crippen molar-refractivity contribution in [2.24, 2.45) is 0 Å². The number of aromatic nitrogens is 2. The van der Waals surface area contributed by atoms with Crippen molar-refractivity contribution in [3.8, 4) is 5.75 Å². The largest absolute Gasteiger partial charge is 0.508 e. The topological polar surface area (TPSA) is 89.4 Å². The van der Waals surface area contributed by atoms with Crippen LogP contribution in [0.1, 0.15) is 40.5 Å². The molecule has 1 fully saturated rings. The highest BCUT2D eigenvalue weighted by molar-refractivity contribution is 5.97. The molecular weight excluding hydrogens is 330 g/mol. The number of nitrogens with one attached hydrogen (secondary N) is 1. The first-order valence-corrected chi connectivity index (χ1v) is 8.82. The third-order valence-electron chi connectivity index (χ3n) is 5.05. The summed E-state index contributed by atoms with van der Waals surface area (Å²) in [4.78, 5) is 22.0. The molecule has 2 aromatic carbocycles. The summed E-state index contributed by atoms with van der Waals surface area (Å²) in [6.07, 6.45) is 1.77. The predicted molar refractivity (Wildman–Crippen MR) is 98.0 cm³/mol. The highest BCUT2D eigenvalue weighted by atomic mass is 16.3. The van der Waals surface area contributed by atoms with Crippen molar-refractivity contribution in [2.45, 2.75) is 25.4 Å². The molecule has 0 atom stereocenters. The zero-order valence-corrected chi connectivity index (χ0v) is 14.4. The maximum Gasteiger partial charge on any atom is 0.253 e. The minimum Gasteiger partial charge on any atom is -0.508 e. The number of phenolic OH excluding ortho intramolecular Hbond substituents is 1. The SMILES string of the molecule is O=C(c1ccc2nc(CO)[nH]c2c1)N1CCC(c2cccc(O)c2)CC1. The Morgan fingerprint density at radius 2 is 2.00 bits per heavy atom. The lowest BCUT2D eigenvalue weighted by molar-refractivity contribution is 0.0713. The average molecular weight is 351 g/mol. The number of hydrogen-bond acceptors (Lipinski definition) is 4. The van der Waals surface area contributed by atoms with Crippen LogP contribution >= 0.6 is 0 Å². The van der Waals surface area contributed by atoms with E-state index in [1.807, 2.05) is 23.1 Å². The van der Waals surface area contributed by atoms with E-state index in [1.165, 1.54) is 0 Å². The average Bonchev–Trinajstić information content (AvgIpc) is 3.10. The number of phenols is 1. The number of aliphatic hydroxyl groups is 1. The van der Waals surface area contributed by atoms with Crippen molar-refractivity contribution < 1.29 is 15.0 Å². The van der Waals surface area contributed by atoms with Crippen LogP contribution in [0.5, 0.6) is 5.75 Å². The summed E-state index contributed by atoms with van der Waals surface area (Å²) in [6, 6.07) is 12.8. The van der Waals surface area contributed by atoms with Gasteiger partial charge in [-0.2, -0.15) is 0 Å². The van der Waals surface area contributed by atoms with Crippen molar-refractivity contribution in [2.75, 3.05) is 13.1 Å². The number of rotatable bonds is 3. The normalized spacial score (nSPS) is 15.5. The highest BCUT2D eigenvalue weighted by Gasteiger charge is 2.25. The van der Waals surface area contributed by atoms with Gasteiger partial charge in [-0.25, -0.2) is 4.98 Å². The van der Waals surface area contributed by atoms with Crippen LogP contribution < -0.4 is 0 Å². The first-order valence-electron chi connectivity index (χ1n) is 8.82. The zero-order chi connectivity index (χ0) is 18.1. The molecule has 3 N–H and O–H groups in total. The van der Waals surface area contributed by atoms with Gasteiger partial charge in [0, 0.05) is 18.7 Å². The lowest BCUT2D eigenvalue weighted by atomic mass is 9.89. The van der Waals surface area contributed by atoms with Crippen molar-refractivity contribution in [1.82, 2.24) is 14.9 Å². The molecule has 1 amide bonds. The van der Waals surface area contributed by atoms with Crippen LogP contribution in [0.2, 0.25) is 0 Å². The fraction of sp³-hybridized carbons (Fsp3) is 0.300. The number of benzene rings is 2. The molecule has 1 aromatic heterocycles. The number of carbonyl (C=O) groups is 1. The molecule has 0 unspecified atom stereocenters. The number of piperidine rings is 1. The minimum absolute atomic E-state index is 0.0152. The van der Waals surface area contributed by atoms with Gasteiger partial charge in [-0.1, -0.05) is 12.1 Å². The lowest BCUT2D eigenvalue weighted by Crippen LogP contribution is -2.37. The molecule has 26 heavy (non-hydrogen) atoms. The lowest BCUT2D eigenvalue weighted by Gasteiger charge is -2.32. The zero-order valence-electron chi connectivity index (χ0n) is 14.4.